The summed E-state index contributed by atoms with van der Waals surface area (Å²) >= 11 is 0. The number of piperidine rings is 2. The van der Waals surface area contributed by atoms with Gasteiger partial charge in [0.2, 0.25) is 11.8 Å². The zero-order chi connectivity index (χ0) is 22.9. The van der Waals surface area contributed by atoms with Gasteiger partial charge in [0.05, 0.1) is 24.5 Å². The van der Waals surface area contributed by atoms with Crippen LogP contribution in [0.1, 0.15) is 58.1 Å². The van der Waals surface area contributed by atoms with Gasteiger partial charge in [-0.05, 0) is 59.2 Å². The standard InChI is InChI=1S/C23H32N4O5/c1-23(2,3)32-19(29)14-26-10-7-15(8-11-26)20-21-16(6-9-24-20)27(12-13-31-21)17-4-5-18(28)25-22(17)30/h6,9,15,17H,4-5,7-8,10-14H2,1-3H3,(H,25,28,30). The minimum Gasteiger partial charge on any atom is -0.488 e. The number of pyridine rings is 1. The van der Waals surface area contributed by atoms with Gasteiger partial charge in [0.1, 0.15) is 18.2 Å². The summed E-state index contributed by atoms with van der Waals surface area (Å²) in [6, 6.07) is 1.51. The molecule has 1 atom stereocenters. The molecule has 0 spiro atoms. The highest BCUT2D eigenvalue weighted by atomic mass is 16.6. The van der Waals surface area contributed by atoms with E-state index in [0.717, 1.165) is 43.1 Å². The molecule has 0 aromatic carbocycles. The molecule has 9 nitrogen and oxygen atoms in total. The Morgan fingerprint density at radius 3 is 2.66 bits per heavy atom. The number of nitrogens with zero attached hydrogens (tertiary/aromatic N) is 3. The van der Waals surface area contributed by atoms with Crippen LogP contribution in [-0.2, 0) is 19.1 Å². The van der Waals surface area contributed by atoms with Gasteiger partial charge in [-0.3, -0.25) is 29.6 Å². The van der Waals surface area contributed by atoms with E-state index in [9.17, 15) is 14.4 Å². The number of anilines is 1. The minimum atomic E-state index is -0.478. The van der Waals surface area contributed by atoms with Crippen LogP contribution >= 0.6 is 0 Å². The first-order valence-electron chi connectivity index (χ1n) is 11.4. The third-order valence-corrected chi connectivity index (χ3v) is 6.13. The first kappa shape index (κ1) is 22.5. The number of carbonyl (C=O) groups is 3. The third-order valence-electron chi connectivity index (χ3n) is 6.13. The predicted octanol–water partition coefficient (Wildman–Crippen LogP) is 1.61. The van der Waals surface area contributed by atoms with Crippen LogP contribution in [0.25, 0.3) is 0 Å². The first-order chi connectivity index (χ1) is 15.2. The fourth-order valence-electron chi connectivity index (χ4n) is 4.71. The number of rotatable bonds is 4. The maximum atomic E-state index is 12.4. The van der Waals surface area contributed by atoms with Crippen LogP contribution in [0.3, 0.4) is 0 Å². The Hall–Kier alpha value is -2.68. The van der Waals surface area contributed by atoms with Gasteiger partial charge in [0.15, 0.2) is 5.75 Å². The van der Waals surface area contributed by atoms with E-state index in [0.29, 0.717) is 32.5 Å². The fourth-order valence-corrected chi connectivity index (χ4v) is 4.71. The van der Waals surface area contributed by atoms with Crippen LogP contribution in [0.15, 0.2) is 12.3 Å². The molecule has 4 rings (SSSR count). The summed E-state index contributed by atoms with van der Waals surface area (Å²) < 4.78 is 11.5. The Balaban J connectivity index is 1.43. The number of aromatic nitrogens is 1. The molecule has 0 aliphatic carbocycles. The van der Waals surface area contributed by atoms with E-state index in [-0.39, 0.29) is 29.7 Å². The molecular weight excluding hydrogens is 412 g/mol. The number of imide groups is 1. The Morgan fingerprint density at radius 2 is 1.97 bits per heavy atom. The molecule has 1 unspecified atom stereocenters. The van der Waals surface area contributed by atoms with Gasteiger partial charge >= 0.3 is 5.97 Å². The maximum Gasteiger partial charge on any atom is 0.320 e. The van der Waals surface area contributed by atoms with Gasteiger partial charge in [-0.1, -0.05) is 0 Å². The molecule has 1 N–H and O–H groups in total. The number of amides is 2. The highest BCUT2D eigenvalue weighted by Crippen LogP contribution is 2.41. The molecule has 32 heavy (non-hydrogen) atoms. The van der Waals surface area contributed by atoms with Crippen LogP contribution in [0, 0.1) is 0 Å². The summed E-state index contributed by atoms with van der Waals surface area (Å²) in [5.74, 6) is 0.307. The molecule has 2 fully saturated rings. The number of nitrogens with one attached hydrogen (secondary N) is 1. The van der Waals surface area contributed by atoms with Gasteiger partial charge in [0.25, 0.3) is 0 Å². The number of hydrogen-bond donors (Lipinski definition) is 1. The number of hydrogen-bond acceptors (Lipinski definition) is 8. The number of ether oxygens (including phenoxy) is 2. The van der Waals surface area contributed by atoms with E-state index in [2.05, 4.69) is 15.2 Å². The van der Waals surface area contributed by atoms with Crippen molar-refractivity contribution in [3.05, 3.63) is 18.0 Å². The van der Waals surface area contributed by atoms with Gasteiger partial charge in [-0.15, -0.1) is 0 Å². The van der Waals surface area contributed by atoms with E-state index < -0.39 is 5.60 Å². The lowest BCUT2D eigenvalue weighted by atomic mass is 9.91. The van der Waals surface area contributed by atoms with Crippen LogP contribution < -0.4 is 15.0 Å². The molecular formula is C23H32N4O5. The number of carbonyl (C=O) groups excluding carboxylic acids is 3. The quantitative estimate of drug-likeness (QED) is 0.552. The normalized spacial score (nSPS) is 22.7. The second-order valence-electron chi connectivity index (χ2n) is 9.69. The monoisotopic (exact) mass is 444 g/mol. The number of likely N-dealkylation sites (tertiary alicyclic amines) is 1. The van der Waals surface area contributed by atoms with Crippen LogP contribution in [0.4, 0.5) is 5.69 Å². The molecule has 0 bridgehead atoms. The Morgan fingerprint density at radius 1 is 1.22 bits per heavy atom. The van der Waals surface area contributed by atoms with Crippen molar-refractivity contribution in [2.45, 2.75) is 64.0 Å². The van der Waals surface area contributed by atoms with Crippen molar-refractivity contribution in [2.24, 2.45) is 0 Å². The minimum absolute atomic E-state index is 0.200. The maximum absolute atomic E-state index is 12.4. The molecule has 0 radical (unpaired) electrons. The van der Waals surface area contributed by atoms with Crippen molar-refractivity contribution in [3.8, 4) is 5.75 Å². The van der Waals surface area contributed by atoms with Crippen molar-refractivity contribution in [1.82, 2.24) is 15.2 Å². The second kappa shape index (κ2) is 9.05. The zero-order valence-electron chi connectivity index (χ0n) is 19.1. The van der Waals surface area contributed by atoms with Crippen LogP contribution in [0.2, 0.25) is 0 Å². The molecule has 4 heterocycles. The number of esters is 1. The van der Waals surface area contributed by atoms with E-state index in [1.165, 1.54) is 0 Å². The van der Waals surface area contributed by atoms with E-state index in [4.69, 9.17) is 9.47 Å². The van der Waals surface area contributed by atoms with E-state index in [1.54, 1.807) is 6.20 Å². The SMILES string of the molecule is CC(C)(C)OC(=O)CN1CCC(c2nccc3c2OCCN3C2CCC(=O)NC2=O)CC1. The lowest BCUT2D eigenvalue weighted by Crippen LogP contribution is -2.54. The van der Waals surface area contributed by atoms with E-state index in [1.807, 2.05) is 31.7 Å². The molecule has 174 valence electrons. The topological polar surface area (TPSA) is 101 Å². The molecule has 2 saturated heterocycles. The summed E-state index contributed by atoms with van der Waals surface area (Å²) in [6.45, 7) is 8.55. The summed E-state index contributed by atoms with van der Waals surface area (Å²) in [5.41, 5.74) is 1.30. The Labute approximate surface area is 188 Å². The third kappa shape index (κ3) is 5.03. The van der Waals surface area contributed by atoms with Gasteiger partial charge in [0, 0.05) is 18.5 Å². The highest BCUT2D eigenvalue weighted by molar-refractivity contribution is 6.01. The van der Waals surface area contributed by atoms with Crippen molar-refractivity contribution >= 4 is 23.5 Å². The largest absolute Gasteiger partial charge is 0.488 e. The summed E-state index contributed by atoms with van der Waals surface area (Å²) in [4.78, 5) is 44.9. The smallest absolute Gasteiger partial charge is 0.320 e. The van der Waals surface area contributed by atoms with Gasteiger partial charge in [-0.2, -0.15) is 0 Å². The molecule has 3 aliphatic rings. The Bertz CT molecular complexity index is 889. The fraction of sp³-hybridized carbons (Fsp3) is 0.652. The second-order valence-corrected chi connectivity index (χ2v) is 9.69. The van der Waals surface area contributed by atoms with Crippen molar-refractivity contribution in [2.75, 3.05) is 37.7 Å². The van der Waals surface area contributed by atoms with Crippen molar-refractivity contribution in [1.29, 1.82) is 0 Å². The first-order valence-corrected chi connectivity index (χ1v) is 11.4. The van der Waals surface area contributed by atoms with Crippen molar-refractivity contribution in [3.63, 3.8) is 0 Å². The van der Waals surface area contributed by atoms with Crippen LogP contribution in [-0.4, -0.2) is 72.1 Å². The lowest BCUT2D eigenvalue weighted by molar-refractivity contribution is -0.156. The van der Waals surface area contributed by atoms with E-state index >= 15 is 0 Å². The molecule has 1 aromatic rings. The Kier molecular flexibility index (Phi) is 6.37. The zero-order valence-corrected chi connectivity index (χ0v) is 19.1. The average Bonchev–Trinajstić information content (AvgIpc) is 2.72. The molecule has 0 saturated carbocycles. The summed E-state index contributed by atoms with van der Waals surface area (Å²) in [5, 5.41) is 2.45. The van der Waals surface area contributed by atoms with Crippen molar-refractivity contribution < 1.29 is 23.9 Å². The highest BCUT2D eigenvalue weighted by Gasteiger charge is 2.36. The summed E-state index contributed by atoms with van der Waals surface area (Å²) in [6.07, 6.45) is 4.36. The predicted molar refractivity (Wildman–Crippen MR) is 118 cm³/mol. The molecule has 2 amide bonds. The van der Waals surface area contributed by atoms with Gasteiger partial charge in [-0.25, -0.2) is 0 Å². The van der Waals surface area contributed by atoms with Crippen LogP contribution in [0.5, 0.6) is 5.75 Å². The lowest BCUT2D eigenvalue weighted by Gasteiger charge is -2.39. The molecule has 1 aromatic heterocycles. The van der Waals surface area contributed by atoms with Gasteiger partial charge < -0.3 is 14.4 Å². The molecule has 3 aliphatic heterocycles. The number of fused-ring (bicyclic) bond motifs is 1. The average molecular weight is 445 g/mol. The summed E-state index contributed by atoms with van der Waals surface area (Å²) in [7, 11) is 0. The molecule has 9 heteroatoms.